The Kier molecular flexibility index (Phi) is 6.94. The van der Waals surface area contributed by atoms with E-state index in [2.05, 4.69) is 15.6 Å². The number of sulfonamides is 1. The van der Waals surface area contributed by atoms with Crippen molar-refractivity contribution < 1.29 is 26.8 Å². The van der Waals surface area contributed by atoms with Crippen molar-refractivity contribution in [2.45, 2.75) is 24.3 Å². The molecule has 0 bridgehead atoms. The van der Waals surface area contributed by atoms with Crippen LogP contribution in [-0.2, 0) is 21.2 Å². The highest BCUT2D eigenvalue weighted by molar-refractivity contribution is 7.89. The monoisotopic (exact) mass is 495 g/mol. The third-order valence-corrected chi connectivity index (χ3v) is 6.88. The molecule has 10 heteroatoms. The van der Waals surface area contributed by atoms with Gasteiger partial charge in [-0.1, -0.05) is 60.7 Å². The topological polar surface area (TPSA) is 118 Å². The third-order valence-electron chi connectivity index (χ3n) is 5.37. The molecular weight excluding hydrogens is 473 g/mol. The number of nitrogens with one attached hydrogen (secondary N) is 3. The van der Waals surface area contributed by atoms with Gasteiger partial charge in [0.05, 0.1) is 0 Å². The first kappa shape index (κ1) is 24.1. The van der Waals surface area contributed by atoms with Crippen LogP contribution in [0.1, 0.15) is 21.7 Å². The Morgan fingerprint density at radius 3 is 2.29 bits per heavy atom. The lowest BCUT2D eigenvalue weighted by Crippen LogP contribution is -2.53. The normalized spacial score (nSPS) is 12.3. The summed E-state index contributed by atoms with van der Waals surface area (Å²) in [4.78, 5) is 25.0. The standard InChI is InChI=1S/C25H22FN3O5S/c1-16-18-11-5-7-13-21(18)34-23(16)25(31)28-27-24(30)20(15-17-9-3-2-4-10-17)29-35(32,33)22-14-8-6-12-19(22)26/h2-14,20,29H,15H2,1H3,(H,27,30)(H,28,31)/t20-/m0/s1. The van der Waals surface area contributed by atoms with Crippen LogP contribution in [0.4, 0.5) is 4.39 Å². The summed E-state index contributed by atoms with van der Waals surface area (Å²) in [5, 5.41) is 0.753. The van der Waals surface area contributed by atoms with Gasteiger partial charge in [-0.05, 0) is 37.1 Å². The van der Waals surface area contributed by atoms with E-state index in [-0.39, 0.29) is 12.2 Å². The lowest BCUT2D eigenvalue weighted by Gasteiger charge is -2.19. The molecule has 1 aromatic heterocycles. The quantitative estimate of drug-likeness (QED) is 0.340. The highest BCUT2D eigenvalue weighted by Gasteiger charge is 2.28. The molecule has 3 N–H and O–H groups in total. The number of hydrogen-bond donors (Lipinski definition) is 3. The predicted molar refractivity (Wildman–Crippen MR) is 127 cm³/mol. The highest BCUT2D eigenvalue weighted by atomic mass is 32.2. The Hall–Kier alpha value is -4.02. The Morgan fingerprint density at radius 1 is 0.914 bits per heavy atom. The molecule has 0 spiro atoms. The maximum atomic E-state index is 14.1. The fraction of sp³-hybridized carbons (Fsp3) is 0.120. The summed E-state index contributed by atoms with van der Waals surface area (Å²) >= 11 is 0. The number of rotatable bonds is 7. The summed E-state index contributed by atoms with van der Waals surface area (Å²) < 4.78 is 47.6. The van der Waals surface area contributed by atoms with Crippen molar-refractivity contribution in [3.63, 3.8) is 0 Å². The number of hydrogen-bond acceptors (Lipinski definition) is 5. The molecule has 4 rings (SSSR count). The molecule has 4 aromatic rings. The number of halogens is 1. The summed E-state index contributed by atoms with van der Waals surface area (Å²) in [6.07, 6.45) is -0.0418. The average molecular weight is 496 g/mol. The van der Waals surface area contributed by atoms with Crippen LogP contribution in [0.3, 0.4) is 0 Å². The molecule has 0 saturated heterocycles. The largest absolute Gasteiger partial charge is 0.451 e. The SMILES string of the molecule is Cc1c(C(=O)NNC(=O)[C@H](Cc2ccccc2)NS(=O)(=O)c2ccccc2F)oc2ccccc12. The van der Waals surface area contributed by atoms with Crippen molar-refractivity contribution in [2.75, 3.05) is 0 Å². The molecule has 1 atom stereocenters. The van der Waals surface area contributed by atoms with Crippen molar-refractivity contribution in [1.29, 1.82) is 0 Å². The number of furan rings is 1. The Labute approximate surface area is 201 Å². The molecule has 2 amide bonds. The van der Waals surface area contributed by atoms with Crippen molar-refractivity contribution in [3.05, 3.63) is 102 Å². The summed E-state index contributed by atoms with van der Waals surface area (Å²) in [5.74, 6) is -2.48. The second-order valence-corrected chi connectivity index (χ2v) is 9.47. The van der Waals surface area contributed by atoms with Crippen molar-refractivity contribution in [3.8, 4) is 0 Å². The molecule has 0 aliphatic rings. The van der Waals surface area contributed by atoms with Crippen LogP contribution in [0.25, 0.3) is 11.0 Å². The number of carbonyl (C=O) groups is 2. The van der Waals surface area contributed by atoms with E-state index in [0.29, 0.717) is 16.7 Å². The number of fused-ring (bicyclic) bond motifs is 1. The van der Waals surface area contributed by atoms with Gasteiger partial charge in [-0.15, -0.1) is 0 Å². The van der Waals surface area contributed by atoms with Crippen molar-refractivity contribution >= 4 is 32.8 Å². The second kappa shape index (κ2) is 10.1. The summed E-state index contributed by atoms with van der Waals surface area (Å²) in [6, 6.07) is 19.3. The molecule has 0 radical (unpaired) electrons. The summed E-state index contributed by atoms with van der Waals surface area (Å²) in [7, 11) is -4.39. The van der Waals surface area contributed by atoms with E-state index >= 15 is 0 Å². The predicted octanol–water partition coefficient (Wildman–Crippen LogP) is 3.23. The van der Waals surface area contributed by atoms with Crippen LogP contribution in [0, 0.1) is 12.7 Å². The van der Waals surface area contributed by atoms with Gasteiger partial charge < -0.3 is 4.42 Å². The minimum Gasteiger partial charge on any atom is -0.451 e. The molecule has 0 fully saturated rings. The minimum atomic E-state index is -4.39. The van der Waals surface area contributed by atoms with Gasteiger partial charge in [-0.3, -0.25) is 20.4 Å². The maximum absolute atomic E-state index is 14.1. The summed E-state index contributed by atoms with van der Waals surface area (Å²) in [6.45, 7) is 1.71. The van der Waals surface area contributed by atoms with E-state index < -0.39 is 38.6 Å². The van der Waals surface area contributed by atoms with E-state index in [4.69, 9.17) is 4.42 Å². The van der Waals surface area contributed by atoms with Crippen LogP contribution >= 0.6 is 0 Å². The van der Waals surface area contributed by atoms with E-state index in [9.17, 15) is 22.4 Å². The third kappa shape index (κ3) is 5.39. The number of para-hydroxylation sites is 1. The van der Waals surface area contributed by atoms with E-state index in [1.165, 1.54) is 12.1 Å². The maximum Gasteiger partial charge on any atom is 0.305 e. The van der Waals surface area contributed by atoms with Crippen LogP contribution < -0.4 is 15.6 Å². The van der Waals surface area contributed by atoms with Gasteiger partial charge in [0, 0.05) is 10.9 Å². The van der Waals surface area contributed by atoms with Crippen molar-refractivity contribution in [1.82, 2.24) is 15.6 Å². The van der Waals surface area contributed by atoms with E-state index in [1.807, 2.05) is 6.07 Å². The van der Waals surface area contributed by atoms with Crippen LogP contribution in [-0.4, -0.2) is 26.3 Å². The molecule has 1 heterocycles. The molecule has 8 nitrogen and oxygen atoms in total. The average Bonchev–Trinajstić information content (AvgIpc) is 3.19. The molecule has 3 aromatic carbocycles. The van der Waals surface area contributed by atoms with E-state index in [1.54, 1.807) is 55.5 Å². The molecular formula is C25H22FN3O5S. The molecule has 0 aliphatic heterocycles. The highest BCUT2D eigenvalue weighted by Crippen LogP contribution is 2.24. The fourth-order valence-electron chi connectivity index (χ4n) is 3.60. The van der Waals surface area contributed by atoms with Gasteiger partial charge in [-0.25, -0.2) is 12.8 Å². The number of benzene rings is 3. The molecule has 0 unspecified atom stereocenters. The first-order chi connectivity index (χ1) is 16.8. The Balaban J connectivity index is 1.53. The smallest absolute Gasteiger partial charge is 0.305 e. The van der Waals surface area contributed by atoms with Gasteiger partial charge >= 0.3 is 5.91 Å². The zero-order valence-corrected chi connectivity index (χ0v) is 19.4. The van der Waals surface area contributed by atoms with Gasteiger partial charge in [0.2, 0.25) is 10.0 Å². The summed E-state index contributed by atoms with van der Waals surface area (Å²) in [5.41, 5.74) is 6.27. The number of hydrazine groups is 1. The minimum absolute atomic E-state index is 0.0121. The lowest BCUT2D eigenvalue weighted by molar-refractivity contribution is -0.123. The molecule has 0 aliphatic carbocycles. The zero-order valence-electron chi connectivity index (χ0n) is 18.6. The second-order valence-electron chi connectivity index (χ2n) is 7.79. The van der Waals surface area contributed by atoms with Crippen LogP contribution in [0.15, 0.2) is 88.2 Å². The zero-order chi connectivity index (χ0) is 25.0. The molecule has 180 valence electrons. The first-order valence-corrected chi connectivity index (χ1v) is 12.1. The molecule has 0 saturated carbocycles. The van der Waals surface area contributed by atoms with E-state index in [0.717, 1.165) is 17.5 Å². The Bertz CT molecular complexity index is 1490. The Morgan fingerprint density at radius 2 is 1.57 bits per heavy atom. The first-order valence-electron chi connectivity index (χ1n) is 10.7. The number of aryl methyl sites for hydroxylation is 1. The number of carbonyl (C=O) groups excluding carboxylic acids is 2. The van der Waals surface area contributed by atoms with Crippen molar-refractivity contribution in [2.24, 2.45) is 0 Å². The van der Waals surface area contributed by atoms with Gasteiger partial charge in [-0.2, -0.15) is 4.72 Å². The fourth-order valence-corrected chi connectivity index (χ4v) is 4.88. The van der Waals surface area contributed by atoms with Crippen LogP contribution in [0.2, 0.25) is 0 Å². The number of amides is 2. The molecule has 35 heavy (non-hydrogen) atoms. The lowest BCUT2D eigenvalue weighted by atomic mass is 10.1. The van der Waals surface area contributed by atoms with Crippen LogP contribution in [0.5, 0.6) is 0 Å². The van der Waals surface area contributed by atoms with Gasteiger partial charge in [0.25, 0.3) is 5.91 Å². The van der Waals surface area contributed by atoms with Gasteiger partial charge in [0.15, 0.2) is 5.76 Å². The van der Waals surface area contributed by atoms with Gasteiger partial charge in [0.1, 0.15) is 22.3 Å².